The number of hydrogen-bond donors (Lipinski definition) is 1. The normalized spacial score (nSPS) is 52.9. The molecule has 2 aliphatic rings. The molecule has 46 valence electrons. The number of fused-ring (bicyclic) bond motifs is 2. The molecule has 8 heavy (non-hydrogen) atoms. The molecule has 0 aromatic rings. The van der Waals surface area contributed by atoms with Gasteiger partial charge in [0.25, 0.3) is 0 Å². The molecule has 1 unspecified atom stereocenters. The second kappa shape index (κ2) is 1.45. The van der Waals surface area contributed by atoms with Gasteiger partial charge in [-0.15, -0.1) is 0 Å². The van der Waals surface area contributed by atoms with Crippen LogP contribution in [0.2, 0.25) is 0 Å². The van der Waals surface area contributed by atoms with Crippen molar-refractivity contribution in [3.8, 4) is 0 Å². The number of nitrogens with one attached hydrogen (secondary N) is 1. The molecule has 2 aliphatic heterocycles. The van der Waals surface area contributed by atoms with Gasteiger partial charge in [0.15, 0.2) is 0 Å². The zero-order chi connectivity index (χ0) is 5.56. The van der Waals surface area contributed by atoms with Gasteiger partial charge in [-0.3, -0.25) is 0 Å². The summed E-state index contributed by atoms with van der Waals surface area (Å²) in [5.74, 6) is 0. The van der Waals surface area contributed by atoms with Gasteiger partial charge in [-0.05, 0) is 0 Å². The molecule has 1 N–H and O–H groups in total. The van der Waals surface area contributed by atoms with Crippen LogP contribution in [0.15, 0.2) is 0 Å². The highest BCUT2D eigenvalue weighted by Gasteiger charge is 2.37. The summed E-state index contributed by atoms with van der Waals surface area (Å²) in [6, 6.07) is 0.722. The fourth-order valence-corrected chi connectivity index (χ4v) is 1.59. The monoisotopic (exact) mass is 113 g/mol. The van der Waals surface area contributed by atoms with Crippen molar-refractivity contribution in [3.63, 3.8) is 0 Å². The molecule has 0 spiro atoms. The van der Waals surface area contributed by atoms with Crippen LogP contribution in [0.3, 0.4) is 0 Å². The first kappa shape index (κ1) is 4.77. The Kier molecular flexibility index (Phi) is 0.866. The Morgan fingerprint density at radius 2 is 2.50 bits per heavy atom. The van der Waals surface area contributed by atoms with E-state index < -0.39 is 0 Å². The summed E-state index contributed by atoms with van der Waals surface area (Å²) in [6.45, 7) is 2.08. The second-order valence-corrected chi connectivity index (χ2v) is 2.75. The predicted octanol–water partition coefficient (Wildman–Crippen LogP) is -1.17. The molecule has 2 bridgehead atoms. The van der Waals surface area contributed by atoms with E-state index in [-0.39, 0.29) is 0 Å². The van der Waals surface area contributed by atoms with E-state index in [0.29, 0.717) is 6.10 Å². The van der Waals surface area contributed by atoms with Gasteiger partial charge in [-0.1, -0.05) is 0 Å². The molecule has 0 saturated carbocycles. The highest BCUT2D eigenvalue weighted by atomic mass is 16.5. The van der Waals surface area contributed by atoms with Crippen LogP contribution in [0.25, 0.3) is 0 Å². The Labute approximate surface area is 49.4 Å². The summed E-state index contributed by atoms with van der Waals surface area (Å²) in [5.41, 5.74) is 0. The topological polar surface area (TPSA) is 13.7 Å². The number of hydrogen-bond acceptors (Lipinski definition) is 1. The Balaban J connectivity index is 2.11. The van der Waals surface area contributed by atoms with Gasteiger partial charge in [0.05, 0.1) is 19.2 Å². The molecule has 2 nitrogen and oxygen atoms in total. The van der Waals surface area contributed by atoms with Crippen molar-refractivity contribution in [1.82, 2.24) is 0 Å². The molecule has 2 rings (SSSR count). The van der Waals surface area contributed by atoms with Crippen LogP contribution < -0.4 is 4.90 Å². The first-order valence-corrected chi connectivity index (χ1v) is 3.15. The molecule has 0 amide bonds. The van der Waals surface area contributed by atoms with Gasteiger partial charge in [-0.2, -0.15) is 7.05 Å². The standard InChI is InChI=1S/C6H11NO/c1-7-3-6-2-5(7)4-8-6/h5-7H,1-4H2/t5-,6-/m0/s1. The molecular weight excluding hydrogens is 102 g/mol. The molecule has 2 fully saturated rings. The molecule has 2 saturated heterocycles. The number of rotatable bonds is 0. The third-order valence-corrected chi connectivity index (χ3v) is 2.15. The zero-order valence-corrected chi connectivity index (χ0v) is 4.89. The van der Waals surface area contributed by atoms with E-state index in [9.17, 15) is 0 Å². The zero-order valence-electron chi connectivity index (χ0n) is 4.89. The van der Waals surface area contributed by atoms with Crippen LogP contribution in [0.1, 0.15) is 6.42 Å². The van der Waals surface area contributed by atoms with Crippen molar-refractivity contribution in [3.05, 3.63) is 7.05 Å². The maximum absolute atomic E-state index is 5.36. The van der Waals surface area contributed by atoms with Gasteiger partial charge in [0.2, 0.25) is 0 Å². The van der Waals surface area contributed by atoms with Crippen LogP contribution >= 0.6 is 0 Å². The maximum Gasteiger partial charge on any atom is 0.110 e. The van der Waals surface area contributed by atoms with E-state index in [0.717, 1.165) is 19.2 Å². The smallest absolute Gasteiger partial charge is 0.110 e. The second-order valence-electron chi connectivity index (χ2n) is 2.75. The highest BCUT2D eigenvalue weighted by Crippen LogP contribution is 2.14. The number of likely N-dealkylation sites (tertiary alicyclic amines) is 1. The summed E-state index contributed by atoms with van der Waals surface area (Å²) in [5, 5.41) is 0. The van der Waals surface area contributed by atoms with Gasteiger partial charge in [-0.25, -0.2) is 0 Å². The molecule has 0 radical (unpaired) electrons. The van der Waals surface area contributed by atoms with E-state index in [1.807, 2.05) is 0 Å². The lowest BCUT2D eigenvalue weighted by molar-refractivity contribution is -0.874. The molecule has 2 heterocycles. The summed E-state index contributed by atoms with van der Waals surface area (Å²) in [6.07, 6.45) is 1.80. The van der Waals surface area contributed by atoms with Crippen molar-refractivity contribution < 1.29 is 9.64 Å². The maximum atomic E-state index is 5.36. The number of morpholine rings is 1. The van der Waals surface area contributed by atoms with E-state index in [1.165, 1.54) is 11.3 Å². The minimum atomic E-state index is 0.549. The Bertz CT molecular complexity index is 103. The van der Waals surface area contributed by atoms with Crippen LogP contribution in [0, 0.1) is 7.05 Å². The Morgan fingerprint density at radius 1 is 1.62 bits per heavy atom. The summed E-state index contributed by atoms with van der Waals surface area (Å²) < 4.78 is 5.36. The fraction of sp³-hybridized carbons (Fsp3) is 0.833. The van der Waals surface area contributed by atoms with Crippen LogP contribution in [-0.2, 0) is 4.74 Å². The average molecular weight is 113 g/mol. The van der Waals surface area contributed by atoms with Gasteiger partial charge in [0, 0.05) is 6.42 Å². The highest BCUT2D eigenvalue weighted by molar-refractivity contribution is 4.77. The minimum absolute atomic E-state index is 0.549. The van der Waals surface area contributed by atoms with E-state index >= 15 is 0 Å². The first-order chi connectivity index (χ1) is 3.86. The molecule has 3 atom stereocenters. The Morgan fingerprint density at radius 3 is 2.75 bits per heavy atom. The average Bonchev–Trinajstić information content (AvgIpc) is 2.23. The van der Waals surface area contributed by atoms with Crippen molar-refractivity contribution >= 4 is 0 Å². The Hall–Kier alpha value is -0.0800. The minimum Gasteiger partial charge on any atom is -0.461 e. The number of quaternary nitrogens is 1. The van der Waals surface area contributed by atoms with E-state index in [1.54, 1.807) is 0 Å². The third kappa shape index (κ3) is 0.501. The predicted molar refractivity (Wildman–Crippen MR) is 29.3 cm³/mol. The van der Waals surface area contributed by atoms with Crippen molar-refractivity contribution in [2.75, 3.05) is 13.2 Å². The summed E-state index contributed by atoms with van der Waals surface area (Å²) in [7, 11) is 3.96. The van der Waals surface area contributed by atoms with Crippen molar-refractivity contribution in [1.29, 1.82) is 0 Å². The SMILES string of the molecule is [CH2-][NH+]1C[C@@H]2C[C@H]1CO2. The van der Waals surface area contributed by atoms with E-state index in [4.69, 9.17) is 4.74 Å². The molecular formula is C6H11NO. The lowest BCUT2D eigenvalue weighted by atomic mass is 10.2. The first-order valence-electron chi connectivity index (χ1n) is 3.15. The van der Waals surface area contributed by atoms with E-state index in [2.05, 4.69) is 7.05 Å². The van der Waals surface area contributed by atoms with Gasteiger partial charge >= 0.3 is 0 Å². The fourth-order valence-electron chi connectivity index (χ4n) is 1.59. The van der Waals surface area contributed by atoms with Gasteiger partial charge < -0.3 is 9.64 Å². The third-order valence-electron chi connectivity index (χ3n) is 2.15. The van der Waals surface area contributed by atoms with Crippen LogP contribution in [0.4, 0.5) is 0 Å². The largest absolute Gasteiger partial charge is 0.461 e. The van der Waals surface area contributed by atoms with Crippen molar-refractivity contribution in [2.45, 2.75) is 18.6 Å². The molecule has 0 aliphatic carbocycles. The molecule has 2 heteroatoms. The van der Waals surface area contributed by atoms with Gasteiger partial charge in [0.1, 0.15) is 6.10 Å². The van der Waals surface area contributed by atoms with Crippen LogP contribution in [-0.4, -0.2) is 25.3 Å². The quantitative estimate of drug-likeness (QED) is 0.391. The molecule has 0 aromatic carbocycles. The van der Waals surface area contributed by atoms with Crippen LogP contribution in [0.5, 0.6) is 0 Å². The van der Waals surface area contributed by atoms with Crippen molar-refractivity contribution in [2.24, 2.45) is 0 Å². The lowest BCUT2D eigenvalue weighted by Gasteiger charge is -2.24. The lowest BCUT2D eigenvalue weighted by Crippen LogP contribution is -3.10. The molecule has 0 aromatic heterocycles. The summed E-state index contributed by atoms with van der Waals surface area (Å²) >= 11 is 0. The number of ether oxygens (including phenoxy) is 1. The summed E-state index contributed by atoms with van der Waals surface area (Å²) in [4.78, 5) is 1.42.